The van der Waals surface area contributed by atoms with Gasteiger partial charge in [0.05, 0.1) is 17.8 Å². The zero-order valence-corrected chi connectivity index (χ0v) is 17.5. The van der Waals surface area contributed by atoms with Gasteiger partial charge in [0.1, 0.15) is 4.88 Å². The lowest BCUT2D eigenvalue weighted by Crippen LogP contribution is -2.49. The highest BCUT2D eigenvalue weighted by atomic mass is 32.1. The van der Waals surface area contributed by atoms with E-state index >= 15 is 0 Å². The smallest absolute Gasteiger partial charge is 0.265 e. The number of aliphatic hydroxyl groups excluding tert-OH is 1. The predicted octanol–water partition coefficient (Wildman–Crippen LogP) is 0.318. The van der Waals surface area contributed by atoms with Crippen LogP contribution < -0.4 is 9.80 Å². The molecule has 156 valence electrons. The van der Waals surface area contributed by atoms with Gasteiger partial charge in [-0.3, -0.25) is 9.69 Å². The average Bonchev–Trinajstić information content (AvgIpc) is 3.20. The van der Waals surface area contributed by atoms with Gasteiger partial charge in [-0.1, -0.05) is 0 Å². The van der Waals surface area contributed by atoms with E-state index in [4.69, 9.17) is 5.11 Å². The number of thiazole rings is 1. The Hall–Kier alpha value is -2.30. The maximum atomic E-state index is 12.6. The van der Waals surface area contributed by atoms with Crippen LogP contribution in [0.5, 0.6) is 0 Å². The van der Waals surface area contributed by atoms with Gasteiger partial charge in [0, 0.05) is 58.9 Å². The van der Waals surface area contributed by atoms with Crippen LogP contribution in [0.15, 0.2) is 17.6 Å². The van der Waals surface area contributed by atoms with E-state index in [1.54, 1.807) is 5.51 Å². The summed E-state index contributed by atoms with van der Waals surface area (Å²) >= 11 is 1.41. The lowest BCUT2D eigenvalue weighted by atomic mass is 10.2. The number of carbonyl (C=O) groups excluding carboxylic acids is 1. The van der Waals surface area contributed by atoms with Crippen molar-refractivity contribution in [2.24, 2.45) is 0 Å². The summed E-state index contributed by atoms with van der Waals surface area (Å²) < 4.78 is 0. The first-order valence-electron chi connectivity index (χ1n) is 10.0. The van der Waals surface area contributed by atoms with Crippen molar-refractivity contribution >= 4 is 28.9 Å². The SMILES string of the molecule is Cc1ncsc1C(=O)N1CCN(c2ccc(N3CCN(CCO)CC3)nn2)CC1. The van der Waals surface area contributed by atoms with Crippen LogP contribution in [0, 0.1) is 6.92 Å². The summed E-state index contributed by atoms with van der Waals surface area (Å²) in [5, 5.41) is 17.9. The fourth-order valence-corrected chi connectivity index (χ4v) is 4.56. The molecular weight excluding hydrogens is 390 g/mol. The van der Waals surface area contributed by atoms with E-state index in [0.717, 1.165) is 68.0 Å². The molecule has 0 atom stereocenters. The van der Waals surface area contributed by atoms with Crippen LogP contribution in [0.4, 0.5) is 11.6 Å². The molecule has 2 aliphatic rings. The Balaban J connectivity index is 1.30. The van der Waals surface area contributed by atoms with Gasteiger partial charge in [-0.05, 0) is 19.1 Å². The molecule has 2 aliphatic heterocycles. The van der Waals surface area contributed by atoms with Gasteiger partial charge >= 0.3 is 0 Å². The zero-order valence-electron chi connectivity index (χ0n) is 16.7. The number of anilines is 2. The van der Waals surface area contributed by atoms with Gasteiger partial charge in [0.2, 0.25) is 0 Å². The number of aryl methyl sites for hydroxylation is 1. The number of piperazine rings is 2. The van der Waals surface area contributed by atoms with Crippen LogP contribution in [-0.4, -0.2) is 102 Å². The Kier molecular flexibility index (Phi) is 6.22. The van der Waals surface area contributed by atoms with Crippen LogP contribution in [0.25, 0.3) is 0 Å². The van der Waals surface area contributed by atoms with Crippen LogP contribution >= 0.6 is 11.3 Å². The monoisotopic (exact) mass is 417 g/mol. The van der Waals surface area contributed by atoms with Crippen molar-refractivity contribution in [3.05, 3.63) is 28.2 Å². The topological polar surface area (TPSA) is 88.9 Å². The molecule has 0 spiro atoms. The summed E-state index contributed by atoms with van der Waals surface area (Å²) in [4.78, 5) is 26.1. The third kappa shape index (κ3) is 4.49. The van der Waals surface area contributed by atoms with E-state index in [2.05, 4.69) is 29.9 Å². The number of rotatable bonds is 5. The van der Waals surface area contributed by atoms with E-state index in [1.165, 1.54) is 11.3 Å². The highest BCUT2D eigenvalue weighted by Gasteiger charge is 2.25. The molecule has 2 aromatic heterocycles. The first-order valence-corrected chi connectivity index (χ1v) is 10.9. The minimum atomic E-state index is 0.0754. The third-order valence-corrected chi connectivity index (χ3v) is 6.50. The maximum Gasteiger partial charge on any atom is 0.265 e. The molecule has 9 nitrogen and oxygen atoms in total. The van der Waals surface area contributed by atoms with E-state index < -0.39 is 0 Å². The molecule has 0 saturated carbocycles. The van der Waals surface area contributed by atoms with Crippen molar-refractivity contribution in [1.29, 1.82) is 0 Å². The van der Waals surface area contributed by atoms with Gasteiger partial charge in [0.25, 0.3) is 5.91 Å². The highest BCUT2D eigenvalue weighted by Crippen LogP contribution is 2.20. The molecular formula is C19H27N7O2S. The molecule has 0 radical (unpaired) electrons. The Labute approximate surface area is 174 Å². The molecule has 2 aromatic rings. The summed E-state index contributed by atoms with van der Waals surface area (Å²) in [6.07, 6.45) is 0. The number of amides is 1. The average molecular weight is 418 g/mol. The highest BCUT2D eigenvalue weighted by molar-refractivity contribution is 7.11. The van der Waals surface area contributed by atoms with Crippen molar-refractivity contribution in [3.8, 4) is 0 Å². The molecule has 0 aliphatic carbocycles. The van der Waals surface area contributed by atoms with E-state index in [9.17, 15) is 4.79 Å². The number of aliphatic hydroxyl groups is 1. The van der Waals surface area contributed by atoms with E-state index in [-0.39, 0.29) is 12.5 Å². The molecule has 2 fully saturated rings. The second kappa shape index (κ2) is 9.02. The van der Waals surface area contributed by atoms with Crippen molar-refractivity contribution in [1.82, 2.24) is 25.0 Å². The van der Waals surface area contributed by atoms with Gasteiger partial charge in [-0.2, -0.15) is 0 Å². The number of nitrogens with zero attached hydrogens (tertiary/aromatic N) is 7. The predicted molar refractivity (Wildman–Crippen MR) is 113 cm³/mol. The molecule has 1 amide bonds. The molecule has 10 heteroatoms. The van der Waals surface area contributed by atoms with Crippen LogP contribution in [0.2, 0.25) is 0 Å². The lowest BCUT2D eigenvalue weighted by Gasteiger charge is -2.36. The Bertz CT molecular complexity index is 812. The molecule has 0 unspecified atom stereocenters. The fourth-order valence-electron chi connectivity index (χ4n) is 3.79. The number of carbonyl (C=O) groups is 1. The zero-order chi connectivity index (χ0) is 20.2. The third-order valence-electron chi connectivity index (χ3n) is 5.58. The second-order valence-corrected chi connectivity index (χ2v) is 8.20. The number of β-amino-alcohol motifs (C(OH)–C–C–N with tert-alkyl or cyclic N) is 1. The molecule has 4 heterocycles. The van der Waals surface area contributed by atoms with E-state index in [1.807, 2.05) is 24.0 Å². The normalized spacial score (nSPS) is 18.3. The first kappa shape index (κ1) is 20.0. The molecule has 0 aromatic carbocycles. The molecule has 29 heavy (non-hydrogen) atoms. The van der Waals surface area contributed by atoms with Gasteiger partial charge < -0.3 is 19.8 Å². The number of aromatic nitrogens is 3. The standard InChI is InChI=1S/C19H27N7O2S/c1-15-18(29-14-20-15)19(28)26-10-8-25(9-11-26)17-3-2-16(21-22-17)24-6-4-23(5-7-24)12-13-27/h2-3,14,27H,4-13H2,1H3. The van der Waals surface area contributed by atoms with Crippen molar-refractivity contribution in [2.45, 2.75) is 6.92 Å². The first-order chi connectivity index (χ1) is 14.2. The van der Waals surface area contributed by atoms with Gasteiger partial charge in [-0.25, -0.2) is 4.98 Å². The minimum Gasteiger partial charge on any atom is -0.395 e. The second-order valence-electron chi connectivity index (χ2n) is 7.35. The van der Waals surface area contributed by atoms with Crippen molar-refractivity contribution < 1.29 is 9.90 Å². The van der Waals surface area contributed by atoms with Crippen molar-refractivity contribution in [2.75, 3.05) is 75.3 Å². The maximum absolute atomic E-state index is 12.6. The summed E-state index contributed by atoms with van der Waals surface area (Å²) in [7, 11) is 0. The molecule has 0 bridgehead atoms. The summed E-state index contributed by atoms with van der Waals surface area (Å²) in [6.45, 7) is 9.31. The Morgan fingerprint density at radius 3 is 2.07 bits per heavy atom. The molecule has 2 saturated heterocycles. The number of hydrogen-bond acceptors (Lipinski definition) is 9. The van der Waals surface area contributed by atoms with E-state index in [0.29, 0.717) is 13.1 Å². The number of hydrogen-bond donors (Lipinski definition) is 1. The quantitative estimate of drug-likeness (QED) is 0.744. The van der Waals surface area contributed by atoms with Gasteiger partial charge in [0.15, 0.2) is 11.6 Å². The fraction of sp³-hybridized carbons (Fsp3) is 0.579. The molecule has 1 N–H and O–H groups in total. The van der Waals surface area contributed by atoms with Crippen LogP contribution in [-0.2, 0) is 0 Å². The summed E-state index contributed by atoms with van der Waals surface area (Å²) in [5.41, 5.74) is 2.53. The molecule has 4 rings (SSSR count). The van der Waals surface area contributed by atoms with Crippen LogP contribution in [0.1, 0.15) is 15.4 Å². The van der Waals surface area contributed by atoms with Crippen molar-refractivity contribution in [3.63, 3.8) is 0 Å². The minimum absolute atomic E-state index is 0.0754. The largest absolute Gasteiger partial charge is 0.395 e. The lowest BCUT2D eigenvalue weighted by molar-refractivity contribution is 0.0750. The summed E-state index contributed by atoms with van der Waals surface area (Å²) in [6, 6.07) is 4.05. The summed E-state index contributed by atoms with van der Waals surface area (Å²) in [5.74, 6) is 1.83. The van der Waals surface area contributed by atoms with Gasteiger partial charge in [-0.15, -0.1) is 21.5 Å². The Morgan fingerprint density at radius 2 is 1.59 bits per heavy atom. The van der Waals surface area contributed by atoms with Crippen LogP contribution in [0.3, 0.4) is 0 Å². The Morgan fingerprint density at radius 1 is 1.00 bits per heavy atom.